The molecule has 0 unspecified atom stereocenters. The summed E-state index contributed by atoms with van der Waals surface area (Å²) in [5.41, 5.74) is 1.06. The molecule has 1 aromatic carbocycles. The minimum atomic E-state index is -0.903. The van der Waals surface area contributed by atoms with E-state index in [0.29, 0.717) is 12.0 Å². The Bertz CT molecular complexity index is 470. The Morgan fingerprint density at radius 2 is 2.13 bits per heavy atom. The number of halogens is 2. The third-order valence-electron chi connectivity index (χ3n) is 3.47. The lowest BCUT2D eigenvalue weighted by atomic mass is 10.0. The predicted molar refractivity (Wildman–Crippen MR) is 47.4 cm³/mol. The van der Waals surface area contributed by atoms with Crippen molar-refractivity contribution in [3.63, 3.8) is 0 Å². The van der Waals surface area contributed by atoms with Crippen LogP contribution in [0.4, 0.5) is 8.78 Å². The van der Waals surface area contributed by atoms with Crippen LogP contribution in [0.15, 0.2) is 12.1 Å². The standard InChI is InChI=1S/C11H8F2O2/c12-6-2-1-4-3-5-8(7(4)10(6)13)9(5)11(14)15/h1-2,5,8-9H,3H2,(H,14,15)/t5-,8+,9+/m0/s1. The number of hydrogen-bond acceptors (Lipinski definition) is 1. The van der Waals surface area contributed by atoms with E-state index in [4.69, 9.17) is 5.11 Å². The minimum absolute atomic E-state index is 0.0196. The van der Waals surface area contributed by atoms with Gasteiger partial charge in [0.1, 0.15) is 0 Å². The van der Waals surface area contributed by atoms with Gasteiger partial charge >= 0.3 is 5.97 Å². The molecule has 0 spiro atoms. The van der Waals surface area contributed by atoms with E-state index in [-0.39, 0.29) is 11.8 Å². The monoisotopic (exact) mass is 210 g/mol. The zero-order chi connectivity index (χ0) is 10.7. The molecule has 1 N–H and O–H groups in total. The van der Waals surface area contributed by atoms with Crippen LogP contribution in [-0.4, -0.2) is 11.1 Å². The Labute approximate surface area is 84.5 Å². The molecule has 0 bridgehead atoms. The van der Waals surface area contributed by atoms with E-state index in [9.17, 15) is 13.6 Å². The first kappa shape index (κ1) is 8.83. The topological polar surface area (TPSA) is 37.3 Å². The highest BCUT2D eigenvalue weighted by atomic mass is 19.2. The van der Waals surface area contributed by atoms with Crippen molar-refractivity contribution in [3.8, 4) is 0 Å². The van der Waals surface area contributed by atoms with E-state index in [2.05, 4.69) is 0 Å². The van der Waals surface area contributed by atoms with Crippen LogP contribution in [0.5, 0.6) is 0 Å². The quantitative estimate of drug-likeness (QED) is 0.769. The summed E-state index contributed by atoms with van der Waals surface area (Å²) in [6, 6.07) is 2.66. The van der Waals surface area contributed by atoms with Gasteiger partial charge in [-0.3, -0.25) is 4.79 Å². The first-order valence-electron chi connectivity index (χ1n) is 4.81. The molecule has 0 aromatic heterocycles. The highest BCUT2D eigenvalue weighted by Crippen LogP contribution is 2.62. The molecule has 78 valence electrons. The summed E-state index contributed by atoms with van der Waals surface area (Å²) in [5, 5.41) is 8.83. The Kier molecular flexibility index (Phi) is 1.51. The van der Waals surface area contributed by atoms with Crippen LogP contribution in [-0.2, 0) is 11.2 Å². The number of fused-ring (bicyclic) bond motifs is 3. The van der Waals surface area contributed by atoms with E-state index in [1.807, 2.05) is 0 Å². The average molecular weight is 210 g/mol. The summed E-state index contributed by atoms with van der Waals surface area (Å²) in [6.07, 6.45) is 0.564. The van der Waals surface area contributed by atoms with Crippen molar-refractivity contribution < 1.29 is 18.7 Å². The van der Waals surface area contributed by atoms with Gasteiger partial charge < -0.3 is 5.11 Å². The highest BCUT2D eigenvalue weighted by Gasteiger charge is 2.60. The number of carboxylic acid groups (broad SMARTS) is 1. The van der Waals surface area contributed by atoms with Gasteiger partial charge in [0.05, 0.1) is 5.92 Å². The van der Waals surface area contributed by atoms with E-state index in [1.165, 1.54) is 0 Å². The molecule has 15 heavy (non-hydrogen) atoms. The lowest BCUT2D eigenvalue weighted by molar-refractivity contribution is -0.139. The second-order valence-electron chi connectivity index (χ2n) is 4.19. The smallest absolute Gasteiger partial charge is 0.307 e. The summed E-state index contributed by atoms with van der Waals surface area (Å²) >= 11 is 0. The predicted octanol–water partition coefficient (Wildman–Crippen LogP) is 1.94. The van der Waals surface area contributed by atoms with E-state index in [1.54, 1.807) is 6.07 Å². The normalized spacial score (nSPS) is 30.9. The van der Waals surface area contributed by atoms with Crippen LogP contribution in [0.2, 0.25) is 0 Å². The number of carbonyl (C=O) groups is 1. The molecule has 2 aliphatic carbocycles. The zero-order valence-corrected chi connectivity index (χ0v) is 7.71. The van der Waals surface area contributed by atoms with Crippen molar-refractivity contribution in [3.05, 3.63) is 34.9 Å². The van der Waals surface area contributed by atoms with Gasteiger partial charge in [-0.15, -0.1) is 0 Å². The third kappa shape index (κ3) is 0.991. The van der Waals surface area contributed by atoms with Crippen molar-refractivity contribution in [2.75, 3.05) is 0 Å². The largest absolute Gasteiger partial charge is 0.481 e. The minimum Gasteiger partial charge on any atom is -0.481 e. The van der Waals surface area contributed by atoms with Crippen LogP contribution in [0.3, 0.4) is 0 Å². The van der Waals surface area contributed by atoms with Gasteiger partial charge in [-0.1, -0.05) is 6.07 Å². The molecule has 0 saturated heterocycles. The number of rotatable bonds is 1. The SMILES string of the molecule is O=C(O)[C@@H]1[C@H]2Cc3ccc(F)c(F)c3[C@@H]21. The van der Waals surface area contributed by atoms with Crippen LogP contribution in [0.25, 0.3) is 0 Å². The lowest BCUT2D eigenvalue weighted by Crippen LogP contribution is -2.06. The number of carboxylic acids is 1. The first-order chi connectivity index (χ1) is 7.11. The Morgan fingerprint density at radius 3 is 2.80 bits per heavy atom. The second-order valence-corrected chi connectivity index (χ2v) is 4.19. The Morgan fingerprint density at radius 1 is 1.40 bits per heavy atom. The fourth-order valence-electron chi connectivity index (χ4n) is 2.76. The van der Waals surface area contributed by atoms with Crippen LogP contribution in [0.1, 0.15) is 17.0 Å². The van der Waals surface area contributed by atoms with Crippen molar-refractivity contribution in [2.24, 2.45) is 11.8 Å². The summed E-state index contributed by atoms with van der Waals surface area (Å²) in [5.74, 6) is -3.47. The van der Waals surface area contributed by atoms with Gasteiger partial charge in [-0.05, 0) is 29.5 Å². The van der Waals surface area contributed by atoms with Gasteiger partial charge in [0.15, 0.2) is 11.6 Å². The first-order valence-corrected chi connectivity index (χ1v) is 4.81. The maximum atomic E-state index is 13.4. The van der Waals surface area contributed by atoms with Gasteiger partial charge in [0, 0.05) is 5.92 Å². The van der Waals surface area contributed by atoms with E-state index < -0.39 is 23.5 Å². The Balaban J connectivity index is 2.08. The van der Waals surface area contributed by atoms with Crippen LogP contribution >= 0.6 is 0 Å². The fraction of sp³-hybridized carbons (Fsp3) is 0.364. The average Bonchev–Trinajstić information content (AvgIpc) is 2.76. The summed E-state index contributed by atoms with van der Waals surface area (Å²) in [4.78, 5) is 10.8. The van der Waals surface area contributed by atoms with E-state index >= 15 is 0 Å². The Hall–Kier alpha value is -1.45. The molecular formula is C11H8F2O2. The van der Waals surface area contributed by atoms with Crippen molar-refractivity contribution in [1.82, 2.24) is 0 Å². The number of aliphatic carboxylic acids is 1. The van der Waals surface area contributed by atoms with Crippen LogP contribution < -0.4 is 0 Å². The summed E-state index contributed by atoms with van der Waals surface area (Å²) in [6.45, 7) is 0. The van der Waals surface area contributed by atoms with Crippen LogP contribution in [0, 0.1) is 23.5 Å². The van der Waals surface area contributed by atoms with Gasteiger partial charge in [0.2, 0.25) is 0 Å². The molecule has 0 aliphatic heterocycles. The zero-order valence-electron chi connectivity index (χ0n) is 7.71. The van der Waals surface area contributed by atoms with Gasteiger partial charge in [-0.25, -0.2) is 8.78 Å². The molecule has 0 amide bonds. The molecule has 2 nitrogen and oxygen atoms in total. The molecule has 1 saturated carbocycles. The molecule has 1 aromatic rings. The summed E-state index contributed by atoms with van der Waals surface area (Å²) in [7, 11) is 0. The number of hydrogen-bond donors (Lipinski definition) is 1. The summed E-state index contributed by atoms with van der Waals surface area (Å²) < 4.78 is 26.4. The molecule has 0 heterocycles. The highest BCUT2D eigenvalue weighted by molar-refractivity contribution is 5.77. The molecular weight excluding hydrogens is 202 g/mol. The molecule has 1 fully saturated rings. The maximum Gasteiger partial charge on any atom is 0.307 e. The van der Waals surface area contributed by atoms with Crippen molar-refractivity contribution in [1.29, 1.82) is 0 Å². The maximum absolute atomic E-state index is 13.4. The van der Waals surface area contributed by atoms with Crippen molar-refractivity contribution in [2.45, 2.75) is 12.3 Å². The molecule has 3 rings (SSSR count). The molecule has 4 heteroatoms. The van der Waals surface area contributed by atoms with E-state index in [0.717, 1.165) is 11.6 Å². The molecule has 3 atom stereocenters. The van der Waals surface area contributed by atoms with Crippen molar-refractivity contribution >= 4 is 5.97 Å². The fourth-order valence-corrected chi connectivity index (χ4v) is 2.76. The second kappa shape index (κ2) is 2.56. The molecule has 2 aliphatic rings. The molecule has 0 radical (unpaired) electrons. The van der Waals surface area contributed by atoms with Gasteiger partial charge in [0.25, 0.3) is 0 Å². The third-order valence-corrected chi connectivity index (χ3v) is 3.47. The lowest BCUT2D eigenvalue weighted by Gasteiger charge is -2.06. The van der Waals surface area contributed by atoms with Gasteiger partial charge in [-0.2, -0.15) is 0 Å². The number of benzene rings is 1.